The summed E-state index contributed by atoms with van der Waals surface area (Å²) in [5.74, 6) is -0.454. The molecule has 2 atom stereocenters. The number of hydrogen-bond acceptors (Lipinski definition) is 5. The van der Waals surface area contributed by atoms with Crippen molar-refractivity contribution < 1.29 is 24.4 Å². The highest BCUT2D eigenvalue weighted by molar-refractivity contribution is 7.17. The second-order valence-electron chi connectivity index (χ2n) is 8.12. The van der Waals surface area contributed by atoms with Gasteiger partial charge in [0, 0.05) is 17.0 Å². The molecule has 2 aromatic rings. The van der Waals surface area contributed by atoms with Crippen molar-refractivity contribution in [3.63, 3.8) is 0 Å². The van der Waals surface area contributed by atoms with Crippen LogP contribution >= 0.6 is 11.3 Å². The zero-order chi connectivity index (χ0) is 21.6. The highest BCUT2D eigenvalue weighted by Gasteiger charge is 2.31. The Morgan fingerprint density at radius 3 is 2.77 bits per heavy atom. The van der Waals surface area contributed by atoms with Gasteiger partial charge < -0.3 is 20.1 Å². The van der Waals surface area contributed by atoms with Gasteiger partial charge >= 0.3 is 5.97 Å². The number of carbonyl (C=O) groups excluding carboxylic acids is 2. The molecule has 2 heterocycles. The highest BCUT2D eigenvalue weighted by atomic mass is 32.1. The van der Waals surface area contributed by atoms with Crippen LogP contribution < -0.4 is 10.6 Å². The summed E-state index contributed by atoms with van der Waals surface area (Å²) in [6, 6.07) is 9.39. The van der Waals surface area contributed by atoms with Gasteiger partial charge in [0.2, 0.25) is 0 Å². The van der Waals surface area contributed by atoms with Gasteiger partial charge in [-0.15, -0.1) is 11.3 Å². The molecule has 1 aliphatic heterocycles. The van der Waals surface area contributed by atoms with E-state index in [1.54, 1.807) is 6.92 Å². The zero-order valence-corrected chi connectivity index (χ0v) is 18.8. The molecule has 1 saturated heterocycles. The second-order valence-corrected chi connectivity index (χ2v) is 9.22. The minimum Gasteiger partial charge on any atom is -0.462 e. The van der Waals surface area contributed by atoms with Gasteiger partial charge in [0.15, 0.2) is 6.04 Å². The van der Waals surface area contributed by atoms with Gasteiger partial charge in [-0.05, 0) is 51.0 Å². The lowest BCUT2D eigenvalue weighted by atomic mass is 9.95. The topological polar surface area (TPSA) is 81.2 Å². The molecule has 0 spiro atoms. The number of quaternary nitrogens is 1. The quantitative estimate of drug-likeness (QED) is 0.614. The number of carbonyl (C=O) groups is 2. The van der Waals surface area contributed by atoms with Crippen LogP contribution in [0.25, 0.3) is 0 Å². The van der Waals surface area contributed by atoms with Gasteiger partial charge in [-0.3, -0.25) is 4.79 Å². The van der Waals surface area contributed by atoms with Crippen LogP contribution in [0.5, 0.6) is 0 Å². The molecular weight excluding hydrogens is 412 g/mol. The first-order chi connectivity index (χ1) is 15.2. The predicted molar refractivity (Wildman–Crippen MR) is 120 cm³/mol. The van der Waals surface area contributed by atoms with Gasteiger partial charge in [-0.1, -0.05) is 30.3 Å². The Bertz CT molecular complexity index is 906. The number of rotatable bonds is 8. The van der Waals surface area contributed by atoms with Gasteiger partial charge in [0.25, 0.3) is 5.91 Å². The van der Waals surface area contributed by atoms with Gasteiger partial charge in [0.05, 0.1) is 12.2 Å². The molecule has 1 fully saturated rings. The minimum atomic E-state index is -0.403. The number of fused-ring (bicyclic) bond motifs is 1. The lowest BCUT2D eigenvalue weighted by Gasteiger charge is -2.18. The molecule has 1 aromatic carbocycles. The van der Waals surface area contributed by atoms with E-state index in [1.165, 1.54) is 16.2 Å². The Hall–Kier alpha value is -2.22. The van der Waals surface area contributed by atoms with E-state index in [4.69, 9.17) is 9.47 Å². The number of benzene rings is 1. The monoisotopic (exact) mass is 443 g/mol. The van der Waals surface area contributed by atoms with E-state index in [0.29, 0.717) is 17.2 Å². The Labute approximate surface area is 187 Å². The molecule has 0 saturated carbocycles. The van der Waals surface area contributed by atoms with Crippen molar-refractivity contribution in [2.24, 2.45) is 0 Å². The number of esters is 1. The van der Waals surface area contributed by atoms with Crippen LogP contribution in [0, 0.1) is 0 Å². The normalized spacial score (nSPS) is 18.9. The molecule has 31 heavy (non-hydrogen) atoms. The fourth-order valence-electron chi connectivity index (χ4n) is 4.44. The molecule has 0 bridgehead atoms. The van der Waals surface area contributed by atoms with Gasteiger partial charge in [-0.25, -0.2) is 4.79 Å². The first-order valence-electron chi connectivity index (χ1n) is 11.3. The van der Waals surface area contributed by atoms with Crippen molar-refractivity contribution in [3.05, 3.63) is 51.9 Å². The standard InChI is InChI=1S/C24H30N2O4S/c1-2-29-24(28)20-18-12-6-7-13-19(18)31-23(20)26-22(27)21(16-9-4-3-5-10-16)25-15-17-11-8-14-30-17/h3-5,9-10,17,21,25H,2,6-8,11-15H2,1H3,(H,26,27)/p+1/t17-,21-/m1/s1. The Morgan fingerprint density at radius 2 is 2.03 bits per heavy atom. The number of nitrogens with one attached hydrogen (secondary N) is 1. The summed E-state index contributed by atoms with van der Waals surface area (Å²) in [5, 5.41) is 5.77. The molecule has 166 valence electrons. The molecule has 3 N–H and O–H groups in total. The SMILES string of the molecule is CCOC(=O)c1c(NC(=O)[C@H]([NH2+]C[C@H]2CCCO2)c2ccccc2)sc2c1CCCC2. The molecular formula is C24H31N2O4S+. The third-order valence-electron chi connectivity index (χ3n) is 5.99. The van der Waals surface area contributed by atoms with E-state index < -0.39 is 6.04 Å². The summed E-state index contributed by atoms with van der Waals surface area (Å²) >= 11 is 1.53. The second kappa shape index (κ2) is 10.4. The maximum atomic E-state index is 13.4. The van der Waals surface area contributed by atoms with E-state index in [0.717, 1.165) is 62.8 Å². The van der Waals surface area contributed by atoms with Crippen LogP contribution in [-0.2, 0) is 27.1 Å². The molecule has 1 amide bonds. The minimum absolute atomic E-state index is 0.117. The Kier molecular flexibility index (Phi) is 7.37. The van der Waals surface area contributed by atoms with Crippen molar-refractivity contribution in [1.82, 2.24) is 0 Å². The Morgan fingerprint density at radius 1 is 1.23 bits per heavy atom. The largest absolute Gasteiger partial charge is 0.462 e. The molecule has 4 rings (SSSR count). The molecule has 6 nitrogen and oxygen atoms in total. The third-order valence-corrected chi connectivity index (χ3v) is 7.19. The zero-order valence-electron chi connectivity index (χ0n) is 18.0. The first-order valence-corrected chi connectivity index (χ1v) is 12.1. The summed E-state index contributed by atoms with van der Waals surface area (Å²) in [6.45, 7) is 3.65. The molecule has 0 radical (unpaired) electrons. The number of amides is 1. The predicted octanol–water partition coefficient (Wildman–Crippen LogP) is 3.23. The maximum absolute atomic E-state index is 13.4. The smallest absolute Gasteiger partial charge is 0.341 e. The number of ether oxygens (including phenoxy) is 2. The van der Waals surface area contributed by atoms with Crippen molar-refractivity contribution in [2.75, 3.05) is 25.1 Å². The number of aryl methyl sites for hydroxylation is 1. The van der Waals surface area contributed by atoms with E-state index in [9.17, 15) is 9.59 Å². The molecule has 0 unspecified atom stereocenters. The number of hydrogen-bond donors (Lipinski definition) is 2. The first kappa shape index (κ1) is 22.0. The summed E-state index contributed by atoms with van der Waals surface area (Å²) in [4.78, 5) is 27.4. The average Bonchev–Trinajstić information content (AvgIpc) is 3.42. The highest BCUT2D eigenvalue weighted by Crippen LogP contribution is 2.39. The van der Waals surface area contributed by atoms with Crippen LogP contribution in [0.1, 0.15) is 65.0 Å². The van der Waals surface area contributed by atoms with Gasteiger partial charge in [0.1, 0.15) is 17.6 Å². The van der Waals surface area contributed by atoms with Crippen molar-refractivity contribution in [2.45, 2.75) is 57.6 Å². The van der Waals surface area contributed by atoms with E-state index >= 15 is 0 Å². The lowest BCUT2D eigenvalue weighted by Crippen LogP contribution is -2.89. The van der Waals surface area contributed by atoms with E-state index in [2.05, 4.69) is 10.6 Å². The summed E-state index contributed by atoms with van der Waals surface area (Å²) < 4.78 is 11.1. The van der Waals surface area contributed by atoms with Crippen molar-refractivity contribution in [3.8, 4) is 0 Å². The number of anilines is 1. The molecule has 2 aliphatic rings. The molecule has 1 aliphatic carbocycles. The summed E-state index contributed by atoms with van der Waals surface area (Å²) in [6.07, 6.45) is 6.28. The summed E-state index contributed by atoms with van der Waals surface area (Å²) in [5.41, 5.74) is 2.56. The van der Waals surface area contributed by atoms with Crippen LogP contribution in [0.4, 0.5) is 5.00 Å². The summed E-state index contributed by atoms with van der Waals surface area (Å²) in [7, 11) is 0. The number of nitrogens with two attached hydrogens (primary N) is 1. The average molecular weight is 444 g/mol. The van der Waals surface area contributed by atoms with Crippen LogP contribution in [-0.4, -0.2) is 37.7 Å². The van der Waals surface area contributed by atoms with Crippen molar-refractivity contribution >= 4 is 28.2 Å². The lowest BCUT2D eigenvalue weighted by molar-refractivity contribution is -0.687. The van der Waals surface area contributed by atoms with Crippen molar-refractivity contribution in [1.29, 1.82) is 0 Å². The number of thiophene rings is 1. The fourth-order valence-corrected chi connectivity index (χ4v) is 5.72. The molecule has 7 heteroatoms. The van der Waals surface area contributed by atoms with Crippen LogP contribution in [0.3, 0.4) is 0 Å². The third kappa shape index (κ3) is 5.17. The van der Waals surface area contributed by atoms with E-state index in [-0.39, 0.29) is 18.0 Å². The molecule has 1 aromatic heterocycles. The maximum Gasteiger partial charge on any atom is 0.341 e. The van der Waals surface area contributed by atoms with Crippen LogP contribution in [0.2, 0.25) is 0 Å². The fraction of sp³-hybridized carbons (Fsp3) is 0.500. The van der Waals surface area contributed by atoms with E-state index in [1.807, 2.05) is 30.3 Å². The van der Waals surface area contributed by atoms with Gasteiger partial charge in [-0.2, -0.15) is 0 Å². The Balaban J connectivity index is 1.57. The van der Waals surface area contributed by atoms with Crippen LogP contribution in [0.15, 0.2) is 30.3 Å².